The Kier molecular flexibility index (Phi) is 12.9. The van der Waals surface area contributed by atoms with E-state index in [9.17, 15) is 9.90 Å². The highest BCUT2D eigenvalue weighted by Gasteiger charge is 2.76. The maximum absolute atomic E-state index is 16.5. The minimum Gasteiger partial charge on any atom is -0.497 e. The second-order valence-electron chi connectivity index (χ2n) is 16.8. The molecule has 70 heavy (non-hydrogen) atoms. The summed E-state index contributed by atoms with van der Waals surface area (Å²) in [5.41, 5.74) is 2.07. The summed E-state index contributed by atoms with van der Waals surface area (Å²) in [7, 11) is 3.05. The van der Waals surface area contributed by atoms with Crippen molar-refractivity contribution >= 4 is 56.2 Å². The van der Waals surface area contributed by atoms with E-state index in [1.807, 2.05) is 102 Å². The number of nitrogens with zero attached hydrogens (tertiary/aromatic N) is 3. The van der Waals surface area contributed by atoms with E-state index in [2.05, 4.69) is 17.2 Å². The molecule has 3 aliphatic heterocycles. The van der Waals surface area contributed by atoms with E-state index in [1.165, 1.54) is 18.4 Å². The van der Waals surface area contributed by atoms with Crippen molar-refractivity contribution in [2.45, 2.75) is 29.6 Å². The molecule has 2 saturated heterocycles. The number of thiazole rings is 1. The Balaban J connectivity index is 1.26. The van der Waals surface area contributed by atoms with Crippen molar-refractivity contribution in [3.63, 3.8) is 0 Å². The molecular formula is C55H46N4O10S. The molecule has 352 valence electrons. The molecule has 1 spiro atoms. The molecule has 0 radical (unpaired) electrons. The van der Waals surface area contributed by atoms with Gasteiger partial charge >= 0.3 is 12.1 Å². The maximum Gasteiger partial charge on any atom is 0.421 e. The van der Waals surface area contributed by atoms with Crippen LogP contribution in [-0.2, 0) is 34.0 Å². The van der Waals surface area contributed by atoms with Crippen molar-refractivity contribution in [1.29, 1.82) is 0 Å². The number of imide groups is 1. The number of benzene rings is 6. The number of rotatable bonds is 12. The Morgan fingerprint density at radius 1 is 0.757 bits per heavy atom. The third-order valence-corrected chi connectivity index (χ3v) is 13.9. The normalized spacial score (nSPS) is 21.4. The van der Waals surface area contributed by atoms with Crippen LogP contribution in [0, 0.1) is 17.8 Å². The number of ether oxygens (including phenoxy) is 5. The average Bonchev–Trinajstić information content (AvgIpc) is 4.03. The van der Waals surface area contributed by atoms with Crippen LogP contribution < -0.4 is 19.7 Å². The molecule has 6 aromatic carbocycles. The van der Waals surface area contributed by atoms with Crippen LogP contribution in [0.1, 0.15) is 51.6 Å². The van der Waals surface area contributed by atoms with Crippen LogP contribution in [0.4, 0.5) is 15.6 Å². The van der Waals surface area contributed by atoms with Gasteiger partial charge in [-0.25, -0.2) is 14.7 Å². The fourth-order valence-corrected chi connectivity index (χ4v) is 10.9. The van der Waals surface area contributed by atoms with Gasteiger partial charge in [-0.05, 0) is 89.0 Å². The van der Waals surface area contributed by atoms with Gasteiger partial charge in [0.25, 0.3) is 0 Å². The number of aliphatic hydroxyl groups excluding tert-OH is 1. The van der Waals surface area contributed by atoms with E-state index in [1.54, 1.807) is 61.7 Å². The Morgan fingerprint density at radius 2 is 1.43 bits per heavy atom. The molecule has 3 amide bonds. The lowest BCUT2D eigenvalue weighted by molar-refractivity contribution is -0.177. The number of aromatic nitrogens is 1. The van der Waals surface area contributed by atoms with Crippen molar-refractivity contribution in [2.24, 2.45) is 5.92 Å². The molecule has 0 bridgehead atoms. The number of esters is 1. The Bertz CT molecular complexity index is 3110. The first-order valence-electron chi connectivity index (χ1n) is 22.6. The number of amides is 3. The lowest BCUT2D eigenvalue weighted by Crippen LogP contribution is -2.54. The first-order valence-corrected chi connectivity index (χ1v) is 23.5. The van der Waals surface area contributed by atoms with Gasteiger partial charge in [0, 0.05) is 18.2 Å². The third-order valence-electron chi connectivity index (χ3n) is 13.0. The summed E-state index contributed by atoms with van der Waals surface area (Å²) >= 11 is 1.25. The smallest absolute Gasteiger partial charge is 0.421 e. The zero-order valence-electron chi connectivity index (χ0n) is 38.0. The van der Waals surface area contributed by atoms with Crippen molar-refractivity contribution in [3.05, 3.63) is 185 Å². The first kappa shape index (κ1) is 45.9. The summed E-state index contributed by atoms with van der Waals surface area (Å²) in [4.78, 5) is 70.1. The van der Waals surface area contributed by atoms with E-state index < -0.39 is 59.4 Å². The second-order valence-corrected chi connectivity index (χ2v) is 17.9. The Labute approximate surface area is 407 Å². The van der Waals surface area contributed by atoms with Crippen LogP contribution in [0.2, 0.25) is 0 Å². The van der Waals surface area contributed by atoms with Crippen molar-refractivity contribution in [3.8, 4) is 23.3 Å². The van der Waals surface area contributed by atoms with Crippen LogP contribution in [-0.4, -0.2) is 85.6 Å². The molecule has 3 aliphatic rings. The summed E-state index contributed by atoms with van der Waals surface area (Å²) in [6.07, 6.45) is -1.93. The molecule has 10 rings (SSSR count). The predicted molar refractivity (Wildman–Crippen MR) is 261 cm³/mol. The number of methoxy groups -OCH3 is 2. The zero-order chi connectivity index (χ0) is 48.4. The molecule has 4 heterocycles. The first-order chi connectivity index (χ1) is 34.2. The number of morpholine rings is 1. The van der Waals surface area contributed by atoms with Gasteiger partial charge < -0.3 is 34.1 Å². The number of nitrogens with one attached hydrogen (secondary N) is 1. The van der Waals surface area contributed by atoms with E-state index in [4.69, 9.17) is 28.7 Å². The van der Waals surface area contributed by atoms with Crippen LogP contribution in [0.15, 0.2) is 152 Å². The largest absolute Gasteiger partial charge is 0.497 e. The highest BCUT2D eigenvalue weighted by atomic mass is 32.1. The maximum atomic E-state index is 16.5. The molecule has 0 aliphatic carbocycles. The van der Waals surface area contributed by atoms with E-state index >= 15 is 14.4 Å². The van der Waals surface area contributed by atoms with Gasteiger partial charge in [0.05, 0.1) is 54.2 Å². The average molecular weight is 955 g/mol. The third kappa shape index (κ3) is 8.20. The summed E-state index contributed by atoms with van der Waals surface area (Å²) < 4.78 is 29.5. The zero-order valence-corrected chi connectivity index (χ0v) is 38.8. The molecule has 1 aromatic heterocycles. The summed E-state index contributed by atoms with van der Waals surface area (Å²) in [5, 5.41) is 12.9. The summed E-state index contributed by atoms with van der Waals surface area (Å²) in [6.45, 7) is -0.320. The number of para-hydroxylation sites is 1. The molecule has 15 heteroatoms. The molecule has 7 aromatic rings. The van der Waals surface area contributed by atoms with Crippen LogP contribution >= 0.6 is 11.3 Å². The Hall–Kier alpha value is -7.87. The SMILES string of the molecule is COCCOC(=O)N1C(=O)C2(c3cc(C#Cc4ccc(OC)cc4)ccc31)C(C(=O)Nc1nc3ccccc3s1)C1C(=O)OC(c3ccccc3)C(c3ccccc3)N1C2c1ccc(OCCO)cc1. The van der Waals surface area contributed by atoms with Crippen molar-refractivity contribution in [1.82, 2.24) is 9.88 Å². The predicted octanol–water partition coefficient (Wildman–Crippen LogP) is 8.16. The van der Waals surface area contributed by atoms with Gasteiger partial charge in [0.2, 0.25) is 11.8 Å². The van der Waals surface area contributed by atoms with Gasteiger partial charge in [-0.15, -0.1) is 0 Å². The highest BCUT2D eigenvalue weighted by Crippen LogP contribution is 2.66. The van der Waals surface area contributed by atoms with Gasteiger partial charge in [-0.2, -0.15) is 0 Å². The molecular weight excluding hydrogens is 909 g/mol. The minimum absolute atomic E-state index is 0.0297. The lowest BCUT2D eigenvalue weighted by Gasteiger charge is -2.46. The number of hydrogen-bond acceptors (Lipinski definition) is 13. The number of hydrogen-bond donors (Lipinski definition) is 2. The topological polar surface area (TPSA) is 166 Å². The fourth-order valence-electron chi connectivity index (χ4n) is 10.1. The standard InChI is InChI=1S/C55H46N4O10S/c1-65-31-32-68-54(64)58-43-28-21-35(18-17-34-19-24-39(66-2)25-20-34)33-41(43)55(52(58)63)45(50(61)57-53-56-42-15-9-10-16-44(42)70-53)47-51(62)69-48(37-13-7-4-8-14-37)46(36-11-5-3-6-12-36)59(47)49(55)38-22-26-40(27-23-38)67-30-29-60/h3-16,19-28,33,45-49,60H,29-32H2,1-2H3,(H,56,57,61). The van der Waals surface area contributed by atoms with Gasteiger partial charge in [-0.1, -0.05) is 108 Å². The van der Waals surface area contributed by atoms with E-state index in [-0.39, 0.29) is 42.8 Å². The minimum atomic E-state index is -2.08. The monoisotopic (exact) mass is 954 g/mol. The summed E-state index contributed by atoms with van der Waals surface area (Å²) in [6, 6.07) is 42.1. The van der Waals surface area contributed by atoms with Gasteiger partial charge in [-0.3, -0.25) is 19.3 Å². The number of aliphatic hydroxyl groups is 1. The van der Waals surface area contributed by atoms with Crippen molar-refractivity contribution < 1.29 is 48.0 Å². The van der Waals surface area contributed by atoms with Gasteiger partial charge in [0.15, 0.2) is 5.13 Å². The molecule has 14 nitrogen and oxygen atoms in total. The number of carbonyl (C=O) groups is 4. The molecule has 6 unspecified atom stereocenters. The quantitative estimate of drug-likeness (QED) is 0.0687. The lowest BCUT2D eigenvalue weighted by atomic mass is 9.65. The van der Waals surface area contributed by atoms with Crippen molar-refractivity contribution in [2.75, 3.05) is 50.9 Å². The number of anilines is 2. The number of carbonyl (C=O) groups excluding carboxylic acids is 4. The molecule has 2 fully saturated rings. The van der Waals surface area contributed by atoms with E-state index in [0.717, 1.165) is 15.2 Å². The highest BCUT2D eigenvalue weighted by molar-refractivity contribution is 7.22. The Morgan fingerprint density at radius 3 is 2.13 bits per heavy atom. The van der Waals surface area contributed by atoms with Crippen LogP contribution in [0.3, 0.4) is 0 Å². The number of fused-ring (bicyclic) bond motifs is 4. The number of cyclic esters (lactones) is 1. The second kappa shape index (κ2) is 19.6. The molecule has 6 atom stereocenters. The fraction of sp³-hybridized carbons (Fsp3) is 0.218. The van der Waals surface area contributed by atoms with Crippen LogP contribution in [0.25, 0.3) is 10.2 Å². The van der Waals surface area contributed by atoms with Gasteiger partial charge in [0.1, 0.15) is 42.3 Å². The summed E-state index contributed by atoms with van der Waals surface area (Å²) in [5.74, 6) is 3.71. The molecule has 2 N–H and O–H groups in total. The van der Waals surface area contributed by atoms with E-state index in [0.29, 0.717) is 39.3 Å². The van der Waals surface area contributed by atoms with Crippen LogP contribution in [0.5, 0.6) is 11.5 Å². The molecule has 0 saturated carbocycles.